The Bertz CT molecular complexity index is 416. The van der Waals surface area contributed by atoms with E-state index in [2.05, 4.69) is 21.2 Å². The number of anilines is 1. The van der Waals surface area contributed by atoms with Crippen LogP contribution in [-0.2, 0) is 9.47 Å². The smallest absolute Gasteiger partial charge is 0.124 e. The summed E-state index contributed by atoms with van der Waals surface area (Å²) in [7, 11) is 1.68. The van der Waals surface area contributed by atoms with Gasteiger partial charge in [0.2, 0.25) is 0 Å². The Morgan fingerprint density at radius 3 is 2.89 bits per heavy atom. The molecule has 0 amide bonds. The van der Waals surface area contributed by atoms with Gasteiger partial charge in [0.25, 0.3) is 0 Å². The molecule has 0 aliphatic heterocycles. The number of ether oxygens (including phenoxy) is 2. The lowest BCUT2D eigenvalue weighted by molar-refractivity contribution is -0.118. The van der Waals surface area contributed by atoms with Crippen LogP contribution in [0.1, 0.15) is 13.3 Å². The van der Waals surface area contributed by atoms with Gasteiger partial charge in [-0.2, -0.15) is 0 Å². The molecule has 1 aliphatic carbocycles. The summed E-state index contributed by atoms with van der Waals surface area (Å²) in [6.45, 7) is 2.67. The first kappa shape index (κ1) is 13.8. The minimum atomic E-state index is -0.253. The molecule has 0 saturated heterocycles. The van der Waals surface area contributed by atoms with Gasteiger partial charge in [0.05, 0.1) is 12.1 Å². The van der Waals surface area contributed by atoms with Crippen molar-refractivity contribution in [3.8, 4) is 0 Å². The minimum absolute atomic E-state index is 0.0434. The fourth-order valence-electron chi connectivity index (χ4n) is 2.22. The second-order valence-electron chi connectivity index (χ2n) is 4.30. The zero-order valence-electron chi connectivity index (χ0n) is 10.5. The Morgan fingerprint density at radius 2 is 2.28 bits per heavy atom. The Morgan fingerprint density at radius 1 is 1.50 bits per heavy atom. The van der Waals surface area contributed by atoms with E-state index in [1.54, 1.807) is 13.2 Å². The molecule has 18 heavy (non-hydrogen) atoms. The van der Waals surface area contributed by atoms with E-state index in [0.717, 1.165) is 16.6 Å². The summed E-state index contributed by atoms with van der Waals surface area (Å²) in [6, 6.07) is 4.81. The number of hydrogen-bond donors (Lipinski definition) is 1. The maximum Gasteiger partial charge on any atom is 0.124 e. The maximum atomic E-state index is 13.0. The zero-order valence-corrected chi connectivity index (χ0v) is 12.0. The molecule has 1 fully saturated rings. The molecule has 100 valence electrons. The second-order valence-corrected chi connectivity index (χ2v) is 5.16. The molecule has 1 aromatic carbocycles. The predicted octanol–water partition coefficient (Wildman–Crippen LogP) is 3.19. The van der Waals surface area contributed by atoms with Gasteiger partial charge in [0.1, 0.15) is 11.9 Å². The SMILES string of the molecule is CCOC1CC(Nc2ccc(F)cc2Br)C1OC. The molecule has 3 atom stereocenters. The van der Waals surface area contributed by atoms with E-state index >= 15 is 0 Å². The number of methoxy groups -OCH3 is 1. The first-order chi connectivity index (χ1) is 8.65. The van der Waals surface area contributed by atoms with E-state index < -0.39 is 0 Å². The van der Waals surface area contributed by atoms with E-state index in [1.165, 1.54) is 12.1 Å². The molecule has 1 aliphatic rings. The van der Waals surface area contributed by atoms with Crippen molar-refractivity contribution in [1.29, 1.82) is 0 Å². The first-order valence-electron chi connectivity index (χ1n) is 6.01. The molecule has 1 aromatic rings. The molecular formula is C13H17BrFNO2. The normalized spacial score (nSPS) is 26.8. The molecule has 1 N–H and O–H groups in total. The summed E-state index contributed by atoms with van der Waals surface area (Å²) < 4.78 is 24.7. The van der Waals surface area contributed by atoms with E-state index in [9.17, 15) is 4.39 Å². The third-order valence-corrected chi connectivity index (χ3v) is 3.83. The topological polar surface area (TPSA) is 30.5 Å². The fourth-order valence-corrected chi connectivity index (χ4v) is 2.69. The van der Waals surface area contributed by atoms with Crippen LogP contribution in [0, 0.1) is 5.82 Å². The second kappa shape index (κ2) is 5.99. The summed E-state index contributed by atoms with van der Waals surface area (Å²) in [4.78, 5) is 0. The van der Waals surface area contributed by atoms with Gasteiger partial charge in [0.15, 0.2) is 0 Å². The molecule has 0 aromatic heterocycles. The average molecular weight is 318 g/mol. The molecule has 3 nitrogen and oxygen atoms in total. The number of benzene rings is 1. The number of halogens is 2. The predicted molar refractivity (Wildman–Crippen MR) is 72.3 cm³/mol. The van der Waals surface area contributed by atoms with Gasteiger partial charge in [-0.15, -0.1) is 0 Å². The Hall–Kier alpha value is -0.650. The molecule has 0 radical (unpaired) electrons. The average Bonchev–Trinajstić information content (AvgIpc) is 2.31. The highest BCUT2D eigenvalue weighted by molar-refractivity contribution is 9.10. The Balaban J connectivity index is 1.98. The molecule has 1 saturated carbocycles. The van der Waals surface area contributed by atoms with Gasteiger partial charge in [-0.25, -0.2) is 4.39 Å². The van der Waals surface area contributed by atoms with Crippen molar-refractivity contribution in [1.82, 2.24) is 0 Å². The van der Waals surface area contributed by atoms with Crippen LogP contribution in [0.2, 0.25) is 0 Å². The molecular weight excluding hydrogens is 301 g/mol. The summed E-state index contributed by atoms with van der Waals surface area (Å²) >= 11 is 3.34. The number of rotatable bonds is 5. The van der Waals surface area contributed by atoms with E-state index in [0.29, 0.717) is 6.61 Å². The molecule has 2 rings (SSSR count). The van der Waals surface area contributed by atoms with Crippen molar-refractivity contribution in [2.45, 2.75) is 31.6 Å². The van der Waals surface area contributed by atoms with Crippen LogP contribution >= 0.6 is 15.9 Å². The monoisotopic (exact) mass is 317 g/mol. The van der Waals surface area contributed by atoms with Gasteiger partial charge in [-0.05, 0) is 47.5 Å². The lowest BCUT2D eigenvalue weighted by Gasteiger charge is -2.43. The maximum absolute atomic E-state index is 13.0. The Kier molecular flexibility index (Phi) is 4.59. The summed E-state index contributed by atoms with van der Waals surface area (Å²) in [5, 5.41) is 3.34. The van der Waals surface area contributed by atoms with Crippen molar-refractivity contribution in [3.63, 3.8) is 0 Å². The lowest BCUT2D eigenvalue weighted by atomic mass is 9.85. The summed E-state index contributed by atoms with van der Waals surface area (Å²) in [5.41, 5.74) is 0.874. The van der Waals surface area contributed by atoms with Crippen LogP contribution in [0.25, 0.3) is 0 Å². The van der Waals surface area contributed by atoms with Gasteiger partial charge >= 0.3 is 0 Å². The van der Waals surface area contributed by atoms with Crippen LogP contribution < -0.4 is 5.32 Å². The van der Waals surface area contributed by atoms with Crippen LogP contribution in [0.5, 0.6) is 0 Å². The van der Waals surface area contributed by atoms with E-state index in [-0.39, 0.29) is 24.1 Å². The van der Waals surface area contributed by atoms with Crippen LogP contribution in [0.4, 0.5) is 10.1 Å². The van der Waals surface area contributed by atoms with Crippen molar-refractivity contribution < 1.29 is 13.9 Å². The van der Waals surface area contributed by atoms with Gasteiger partial charge in [-0.1, -0.05) is 0 Å². The fraction of sp³-hybridized carbons (Fsp3) is 0.538. The van der Waals surface area contributed by atoms with Crippen LogP contribution in [-0.4, -0.2) is 32.0 Å². The Labute approximate surface area is 115 Å². The zero-order chi connectivity index (χ0) is 13.1. The third kappa shape index (κ3) is 2.84. The highest BCUT2D eigenvalue weighted by Crippen LogP contribution is 2.32. The largest absolute Gasteiger partial charge is 0.379 e. The van der Waals surface area contributed by atoms with Crippen molar-refractivity contribution >= 4 is 21.6 Å². The van der Waals surface area contributed by atoms with Crippen LogP contribution in [0.15, 0.2) is 22.7 Å². The number of nitrogens with one attached hydrogen (secondary N) is 1. The van der Waals surface area contributed by atoms with E-state index in [1.807, 2.05) is 6.92 Å². The first-order valence-corrected chi connectivity index (χ1v) is 6.81. The third-order valence-electron chi connectivity index (χ3n) is 3.17. The van der Waals surface area contributed by atoms with Gasteiger partial charge in [-0.3, -0.25) is 0 Å². The van der Waals surface area contributed by atoms with Crippen molar-refractivity contribution in [2.24, 2.45) is 0 Å². The van der Waals surface area contributed by atoms with Crippen LogP contribution in [0.3, 0.4) is 0 Å². The van der Waals surface area contributed by atoms with Crippen molar-refractivity contribution in [3.05, 3.63) is 28.5 Å². The molecule has 3 unspecified atom stereocenters. The molecule has 0 bridgehead atoms. The molecule has 5 heteroatoms. The quantitative estimate of drug-likeness (QED) is 0.904. The lowest BCUT2D eigenvalue weighted by Crippen LogP contribution is -2.56. The standard InChI is InChI=1S/C13H17BrFNO2/c1-3-18-12-7-11(13(12)17-2)16-10-5-4-8(15)6-9(10)14/h4-6,11-13,16H,3,7H2,1-2H3. The molecule has 0 spiro atoms. The van der Waals surface area contributed by atoms with Crippen molar-refractivity contribution in [2.75, 3.05) is 19.0 Å². The summed E-state index contributed by atoms with van der Waals surface area (Å²) in [5.74, 6) is -0.253. The molecule has 0 heterocycles. The summed E-state index contributed by atoms with van der Waals surface area (Å²) in [6.07, 6.45) is 1.09. The number of hydrogen-bond acceptors (Lipinski definition) is 3. The highest BCUT2D eigenvalue weighted by atomic mass is 79.9. The minimum Gasteiger partial charge on any atom is -0.379 e. The van der Waals surface area contributed by atoms with Gasteiger partial charge in [0, 0.05) is 23.9 Å². The van der Waals surface area contributed by atoms with Gasteiger partial charge < -0.3 is 14.8 Å². The highest BCUT2D eigenvalue weighted by Gasteiger charge is 2.42. The van der Waals surface area contributed by atoms with E-state index in [4.69, 9.17) is 9.47 Å².